The summed E-state index contributed by atoms with van der Waals surface area (Å²) >= 11 is 7.19. The predicted molar refractivity (Wildman–Crippen MR) is 141 cm³/mol. The molecule has 0 spiro atoms. The first kappa shape index (κ1) is 30.4. The van der Waals surface area contributed by atoms with Gasteiger partial charge in [0.15, 0.2) is 0 Å². The van der Waals surface area contributed by atoms with Crippen molar-refractivity contribution in [2.45, 2.75) is 51.6 Å². The van der Waals surface area contributed by atoms with Crippen LogP contribution in [0.2, 0.25) is 5.02 Å². The van der Waals surface area contributed by atoms with Gasteiger partial charge in [0.05, 0.1) is 27.0 Å². The highest BCUT2D eigenvalue weighted by molar-refractivity contribution is 7.14. The first-order chi connectivity index (χ1) is 18.9. The molecule has 0 radical (unpaired) electrons. The van der Waals surface area contributed by atoms with Crippen molar-refractivity contribution >= 4 is 52.3 Å². The van der Waals surface area contributed by atoms with Crippen LogP contribution in [-0.2, 0) is 23.9 Å². The molecule has 0 unspecified atom stereocenters. The smallest absolute Gasteiger partial charge is 0.465 e. The number of benzene rings is 1. The maximum Gasteiger partial charge on any atom is 0.471 e. The normalized spacial score (nSPS) is 14.0. The van der Waals surface area contributed by atoms with Crippen molar-refractivity contribution in [3.63, 3.8) is 0 Å². The van der Waals surface area contributed by atoms with Gasteiger partial charge in [-0.05, 0) is 56.5 Å². The van der Waals surface area contributed by atoms with Crippen molar-refractivity contribution in [2.75, 3.05) is 16.8 Å². The molecule has 8 nitrogen and oxygen atoms in total. The Kier molecular flexibility index (Phi) is 7.90. The number of nitrogens with zero attached hydrogens (tertiary/aromatic N) is 4. The van der Waals surface area contributed by atoms with Crippen LogP contribution < -0.4 is 10.2 Å². The lowest BCUT2D eigenvalue weighted by atomic mass is 9.99. The van der Waals surface area contributed by atoms with E-state index >= 15 is 0 Å². The largest absolute Gasteiger partial charge is 0.471 e. The van der Waals surface area contributed by atoms with Crippen LogP contribution in [0.25, 0.3) is 10.6 Å². The minimum Gasteiger partial charge on any atom is -0.465 e. The molecule has 0 atom stereocenters. The number of carbonyl (C=O) groups excluding carboxylic acids is 1. The van der Waals surface area contributed by atoms with E-state index in [4.69, 9.17) is 11.6 Å². The average molecular weight is 622 g/mol. The third-order valence-electron chi connectivity index (χ3n) is 6.11. The van der Waals surface area contributed by atoms with Gasteiger partial charge in [0, 0.05) is 30.2 Å². The van der Waals surface area contributed by atoms with Crippen molar-refractivity contribution < 1.29 is 41.0 Å². The van der Waals surface area contributed by atoms with Crippen molar-refractivity contribution in [3.05, 3.63) is 51.5 Å². The zero-order chi connectivity index (χ0) is 30.5. The molecule has 1 aliphatic rings. The second-order valence-corrected chi connectivity index (χ2v) is 11.4. The Morgan fingerprint density at radius 3 is 2.37 bits per heavy atom. The molecule has 1 aromatic carbocycles. The third-order valence-corrected chi connectivity index (χ3v) is 7.35. The molecule has 0 saturated carbocycles. The lowest BCUT2D eigenvalue weighted by molar-refractivity contribution is -0.186. The molecule has 16 heteroatoms. The predicted octanol–water partition coefficient (Wildman–Crippen LogP) is 7.35. The summed E-state index contributed by atoms with van der Waals surface area (Å²) in [6.07, 6.45) is -10.4. The van der Waals surface area contributed by atoms with Crippen LogP contribution in [0.3, 0.4) is 0 Å². The summed E-state index contributed by atoms with van der Waals surface area (Å²) in [7, 11) is 0. The molecule has 41 heavy (non-hydrogen) atoms. The van der Waals surface area contributed by atoms with Gasteiger partial charge < -0.3 is 15.3 Å². The monoisotopic (exact) mass is 621 g/mol. The third kappa shape index (κ3) is 6.50. The van der Waals surface area contributed by atoms with Gasteiger partial charge in [0.2, 0.25) is 5.95 Å². The minimum atomic E-state index is -5.01. The fourth-order valence-electron chi connectivity index (χ4n) is 4.34. The summed E-state index contributed by atoms with van der Waals surface area (Å²) in [6, 6.07) is 4.19. The van der Waals surface area contributed by atoms with Crippen molar-refractivity contribution in [1.82, 2.24) is 14.9 Å². The van der Waals surface area contributed by atoms with Crippen molar-refractivity contribution in [1.29, 1.82) is 0 Å². The topological polar surface area (TPSA) is 98.7 Å². The number of rotatable bonds is 4. The first-order valence-corrected chi connectivity index (χ1v) is 13.1. The van der Waals surface area contributed by atoms with E-state index in [0.717, 1.165) is 16.2 Å². The van der Waals surface area contributed by atoms with E-state index in [-0.39, 0.29) is 46.7 Å². The first-order valence-electron chi connectivity index (χ1n) is 11.9. The minimum absolute atomic E-state index is 0.0239. The molecule has 220 valence electrons. The van der Waals surface area contributed by atoms with Gasteiger partial charge in [-0.15, -0.1) is 11.3 Å². The molecule has 2 aromatic heterocycles. The SMILES string of the molecule is CC(C)(C)N(C(=O)O)c1csc(-c2nc(Nc3cc4c(cc3Cl)CN(C(=O)C(F)(F)F)CC4)ncc2C(F)(F)F)c1. The Hall–Kier alpha value is -3.59. The molecule has 0 fully saturated rings. The molecular formula is C25H22ClF6N5O3S. The maximum absolute atomic E-state index is 13.9. The number of hydrogen-bond acceptors (Lipinski definition) is 6. The van der Waals surface area contributed by atoms with Crippen LogP contribution in [0.15, 0.2) is 29.8 Å². The summed E-state index contributed by atoms with van der Waals surface area (Å²) in [6.45, 7) is 4.42. The summed E-state index contributed by atoms with van der Waals surface area (Å²) in [5.41, 5.74) is -1.15. The van der Waals surface area contributed by atoms with Crippen LogP contribution >= 0.6 is 22.9 Å². The maximum atomic E-state index is 13.9. The lowest BCUT2D eigenvalue weighted by Crippen LogP contribution is -2.44. The second kappa shape index (κ2) is 10.7. The highest BCUT2D eigenvalue weighted by Gasteiger charge is 2.43. The molecule has 2 amide bonds. The van der Waals surface area contributed by atoms with E-state index in [1.54, 1.807) is 20.8 Å². The van der Waals surface area contributed by atoms with E-state index in [2.05, 4.69) is 15.3 Å². The van der Waals surface area contributed by atoms with E-state index in [1.165, 1.54) is 23.6 Å². The Labute approximate surface area is 238 Å². The van der Waals surface area contributed by atoms with Crippen LogP contribution in [0.5, 0.6) is 0 Å². The molecule has 2 N–H and O–H groups in total. The van der Waals surface area contributed by atoms with Gasteiger partial charge in [0.1, 0.15) is 5.56 Å². The Balaban J connectivity index is 1.67. The van der Waals surface area contributed by atoms with Gasteiger partial charge in [-0.25, -0.2) is 14.8 Å². The molecule has 0 aliphatic carbocycles. The number of thiophene rings is 1. The molecule has 0 saturated heterocycles. The molecular weight excluding hydrogens is 600 g/mol. The number of alkyl halides is 6. The second-order valence-electron chi connectivity index (χ2n) is 10.1. The average Bonchev–Trinajstić information content (AvgIpc) is 3.30. The zero-order valence-corrected chi connectivity index (χ0v) is 23.2. The van der Waals surface area contributed by atoms with Crippen LogP contribution in [-0.4, -0.2) is 50.2 Å². The number of carboxylic acid groups (broad SMARTS) is 1. The van der Waals surface area contributed by atoms with Crippen LogP contribution in [0.1, 0.15) is 37.5 Å². The summed E-state index contributed by atoms with van der Waals surface area (Å²) < 4.78 is 80.1. The highest BCUT2D eigenvalue weighted by Crippen LogP contribution is 2.41. The molecule has 3 heterocycles. The van der Waals surface area contributed by atoms with E-state index in [1.807, 2.05) is 0 Å². The van der Waals surface area contributed by atoms with Crippen LogP contribution in [0.4, 0.5) is 48.5 Å². The van der Waals surface area contributed by atoms with Crippen molar-refractivity contribution in [3.8, 4) is 10.6 Å². The number of halogens is 7. The number of carbonyl (C=O) groups is 2. The lowest BCUT2D eigenvalue weighted by Gasteiger charge is -2.32. The zero-order valence-electron chi connectivity index (χ0n) is 21.6. The number of hydrogen-bond donors (Lipinski definition) is 2. The Morgan fingerprint density at radius 2 is 1.78 bits per heavy atom. The molecule has 4 rings (SSSR count). The van der Waals surface area contributed by atoms with E-state index in [9.17, 15) is 41.0 Å². The van der Waals surface area contributed by atoms with Crippen molar-refractivity contribution in [2.24, 2.45) is 0 Å². The van der Waals surface area contributed by atoms with Gasteiger partial charge >= 0.3 is 24.4 Å². The van der Waals surface area contributed by atoms with E-state index in [0.29, 0.717) is 22.2 Å². The standard InChI is InChI=1S/C25H22ClF6N5O3S/c1-23(2,3)37(22(39)40)14-8-18(41-11-14)19-15(24(27,28)29)9-33-21(35-19)34-17-7-12-4-5-36(20(38)25(30,31)32)10-13(12)6-16(17)26/h6-9,11H,4-5,10H2,1-3H3,(H,39,40)(H,33,34,35). The van der Waals surface area contributed by atoms with Crippen LogP contribution in [0, 0.1) is 0 Å². The van der Waals surface area contributed by atoms with Gasteiger partial charge in [-0.1, -0.05) is 11.6 Å². The fraction of sp³-hybridized carbons (Fsp3) is 0.360. The molecule has 0 bridgehead atoms. The fourth-order valence-corrected chi connectivity index (χ4v) is 5.45. The highest BCUT2D eigenvalue weighted by atomic mass is 35.5. The van der Waals surface area contributed by atoms with E-state index < -0.39 is 41.1 Å². The quantitative estimate of drug-likeness (QED) is 0.296. The van der Waals surface area contributed by atoms with Gasteiger partial charge in [-0.3, -0.25) is 9.69 Å². The molecule has 3 aromatic rings. The van der Waals surface area contributed by atoms with Gasteiger partial charge in [-0.2, -0.15) is 26.3 Å². The number of anilines is 3. The summed E-state index contributed by atoms with van der Waals surface area (Å²) in [5.74, 6) is -2.21. The number of amides is 2. The van der Waals surface area contributed by atoms with Gasteiger partial charge in [0.25, 0.3) is 0 Å². The summed E-state index contributed by atoms with van der Waals surface area (Å²) in [4.78, 5) is 33.0. The summed E-state index contributed by atoms with van der Waals surface area (Å²) in [5, 5.41) is 13.9. The Morgan fingerprint density at radius 1 is 1.10 bits per heavy atom. The number of aromatic nitrogens is 2. The Bertz CT molecular complexity index is 1500. The number of fused-ring (bicyclic) bond motifs is 1. The molecule has 1 aliphatic heterocycles. The number of nitrogens with one attached hydrogen (secondary N) is 1.